The quantitative estimate of drug-likeness (QED) is 0.634. The number of hydrogen-bond donors (Lipinski definition) is 0. The van der Waals surface area contributed by atoms with E-state index in [1.807, 2.05) is 23.6 Å². The van der Waals surface area contributed by atoms with E-state index >= 15 is 0 Å². The number of esters is 1. The highest BCUT2D eigenvalue weighted by atomic mass is 32.1. The van der Waals surface area contributed by atoms with Crippen LogP contribution in [0.2, 0.25) is 0 Å². The van der Waals surface area contributed by atoms with E-state index in [2.05, 4.69) is 11.1 Å². The number of rotatable bonds is 5. The van der Waals surface area contributed by atoms with Gasteiger partial charge in [0, 0.05) is 13.7 Å². The zero-order chi connectivity index (χ0) is 19.4. The highest BCUT2D eigenvalue weighted by Crippen LogP contribution is 2.19. The number of methoxy groups -OCH3 is 2. The minimum atomic E-state index is -0.562. The molecule has 1 heterocycles. The Hall–Kier alpha value is -2.77. The fraction of sp³-hybridized carbons (Fsp3) is 0.250. The first kappa shape index (κ1) is 19.0. The maximum Gasteiger partial charge on any atom is 0.338 e. The number of nitrogens with zero attached hydrogens (tertiary/aromatic N) is 2. The van der Waals surface area contributed by atoms with Crippen LogP contribution >= 0.6 is 11.3 Å². The number of thiazole rings is 1. The average Bonchev–Trinajstić information content (AvgIpc) is 3.01. The van der Waals surface area contributed by atoms with E-state index in [1.165, 1.54) is 18.4 Å². The van der Waals surface area contributed by atoms with Crippen molar-refractivity contribution in [2.45, 2.75) is 13.5 Å². The summed E-state index contributed by atoms with van der Waals surface area (Å²) < 4.78 is 13.0. The molecule has 1 amide bonds. The van der Waals surface area contributed by atoms with Crippen LogP contribution in [0.1, 0.15) is 26.3 Å². The van der Waals surface area contributed by atoms with Crippen LogP contribution in [0.15, 0.2) is 47.5 Å². The lowest BCUT2D eigenvalue weighted by atomic mass is 10.1. The number of aromatic nitrogens is 1. The first-order valence-corrected chi connectivity index (χ1v) is 9.22. The van der Waals surface area contributed by atoms with Crippen molar-refractivity contribution in [3.8, 4) is 0 Å². The van der Waals surface area contributed by atoms with Crippen LogP contribution < -0.4 is 4.80 Å². The van der Waals surface area contributed by atoms with E-state index in [0.29, 0.717) is 18.0 Å². The van der Waals surface area contributed by atoms with Gasteiger partial charge in [-0.3, -0.25) is 4.79 Å². The third-order valence-corrected chi connectivity index (χ3v) is 5.16. The molecular formula is C20H20N2O4S. The van der Waals surface area contributed by atoms with E-state index in [-0.39, 0.29) is 11.1 Å². The van der Waals surface area contributed by atoms with E-state index < -0.39 is 11.9 Å². The van der Waals surface area contributed by atoms with Crippen LogP contribution in [0.3, 0.4) is 0 Å². The Kier molecular flexibility index (Phi) is 5.83. The Bertz CT molecular complexity index is 1070. The summed E-state index contributed by atoms with van der Waals surface area (Å²) in [5, 5.41) is 0. The monoisotopic (exact) mass is 384 g/mol. The zero-order valence-corrected chi connectivity index (χ0v) is 16.2. The van der Waals surface area contributed by atoms with E-state index in [9.17, 15) is 9.59 Å². The van der Waals surface area contributed by atoms with Crippen molar-refractivity contribution in [3.05, 3.63) is 64.0 Å². The molecule has 2 aromatic carbocycles. The molecule has 140 valence electrons. The first-order chi connectivity index (χ1) is 13.0. The number of fused-ring (bicyclic) bond motifs is 1. The fourth-order valence-corrected chi connectivity index (χ4v) is 3.92. The minimum absolute atomic E-state index is 0.203. The number of amides is 1. The summed E-state index contributed by atoms with van der Waals surface area (Å²) in [5.41, 5.74) is 2.55. The molecule has 0 spiro atoms. The largest absolute Gasteiger partial charge is 0.465 e. The number of carbonyl (C=O) groups is 2. The molecule has 3 rings (SSSR count). The minimum Gasteiger partial charge on any atom is -0.465 e. The van der Waals surface area contributed by atoms with E-state index in [4.69, 9.17) is 9.47 Å². The second-order valence-electron chi connectivity index (χ2n) is 5.95. The van der Waals surface area contributed by atoms with Crippen molar-refractivity contribution >= 4 is 33.4 Å². The molecule has 0 N–H and O–H groups in total. The van der Waals surface area contributed by atoms with Gasteiger partial charge in [-0.2, -0.15) is 4.99 Å². The predicted octanol–water partition coefficient (Wildman–Crippen LogP) is 3.19. The van der Waals surface area contributed by atoms with Crippen molar-refractivity contribution in [1.82, 2.24) is 4.57 Å². The maximum absolute atomic E-state index is 12.8. The smallest absolute Gasteiger partial charge is 0.338 e. The number of carbonyl (C=O) groups excluding carboxylic acids is 2. The third kappa shape index (κ3) is 3.99. The summed E-state index contributed by atoms with van der Waals surface area (Å²) in [4.78, 5) is 29.6. The molecule has 1 aromatic heterocycles. The topological polar surface area (TPSA) is 69.9 Å². The van der Waals surface area contributed by atoms with E-state index in [0.717, 1.165) is 15.8 Å². The molecule has 0 radical (unpaired) electrons. The Morgan fingerprint density at radius 3 is 2.56 bits per heavy atom. The van der Waals surface area contributed by atoms with Crippen LogP contribution in [-0.4, -0.2) is 37.3 Å². The summed E-state index contributed by atoms with van der Waals surface area (Å²) >= 11 is 1.44. The molecule has 0 atom stereocenters. The van der Waals surface area contributed by atoms with Crippen molar-refractivity contribution < 1.29 is 19.1 Å². The number of hydrogen-bond acceptors (Lipinski definition) is 5. The van der Waals surface area contributed by atoms with Crippen molar-refractivity contribution in [1.29, 1.82) is 0 Å². The van der Waals surface area contributed by atoms with Gasteiger partial charge in [-0.25, -0.2) is 4.79 Å². The molecule has 0 aliphatic rings. The number of ether oxygens (including phenoxy) is 2. The molecule has 27 heavy (non-hydrogen) atoms. The second-order valence-corrected chi connectivity index (χ2v) is 6.96. The van der Waals surface area contributed by atoms with Crippen LogP contribution in [0.5, 0.6) is 0 Å². The van der Waals surface area contributed by atoms with Gasteiger partial charge < -0.3 is 14.0 Å². The van der Waals surface area contributed by atoms with Gasteiger partial charge in [-0.15, -0.1) is 0 Å². The van der Waals surface area contributed by atoms with E-state index in [1.54, 1.807) is 31.4 Å². The molecule has 3 aromatic rings. The predicted molar refractivity (Wildman–Crippen MR) is 104 cm³/mol. The third-order valence-electron chi connectivity index (χ3n) is 4.12. The fourth-order valence-electron chi connectivity index (χ4n) is 2.77. The summed E-state index contributed by atoms with van der Waals surface area (Å²) in [7, 11) is 2.92. The average molecular weight is 384 g/mol. The molecule has 7 heteroatoms. The zero-order valence-electron chi connectivity index (χ0n) is 15.4. The SMILES string of the molecule is COCCn1c(=NC(=O)c2ccccc2C(=O)OC)sc2cc(C)ccc21. The summed E-state index contributed by atoms with van der Waals surface area (Å²) in [5.74, 6) is -1.04. The Balaban J connectivity index is 2.13. The second kappa shape index (κ2) is 8.28. The standard InChI is InChI=1S/C20H20N2O4S/c1-13-8-9-16-17(12-13)27-20(22(16)10-11-25-2)21-18(23)14-6-4-5-7-15(14)19(24)26-3/h4-9,12H,10-11H2,1-3H3. The normalized spacial score (nSPS) is 11.7. The van der Waals surface area contributed by atoms with Gasteiger partial charge in [-0.05, 0) is 36.8 Å². The van der Waals surface area contributed by atoms with Crippen molar-refractivity contribution in [2.75, 3.05) is 20.8 Å². The van der Waals surface area contributed by atoms with Crippen LogP contribution in [-0.2, 0) is 16.0 Å². The highest BCUT2D eigenvalue weighted by Gasteiger charge is 2.17. The molecule has 0 saturated carbocycles. The molecule has 0 bridgehead atoms. The maximum atomic E-state index is 12.8. The van der Waals surface area contributed by atoms with Crippen molar-refractivity contribution in [3.63, 3.8) is 0 Å². The summed E-state index contributed by atoms with van der Waals surface area (Å²) in [6.45, 7) is 3.09. The van der Waals surface area contributed by atoms with Crippen LogP contribution in [0, 0.1) is 6.92 Å². The lowest BCUT2D eigenvalue weighted by molar-refractivity contribution is 0.0597. The van der Waals surface area contributed by atoms with Gasteiger partial charge >= 0.3 is 5.97 Å². The molecule has 0 saturated heterocycles. The Morgan fingerprint density at radius 2 is 1.85 bits per heavy atom. The molecular weight excluding hydrogens is 364 g/mol. The Labute approximate surface area is 160 Å². The lowest BCUT2D eigenvalue weighted by Gasteiger charge is -2.05. The number of aryl methyl sites for hydroxylation is 1. The van der Waals surface area contributed by atoms with Gasteiger partial charge in [0.2, 0.25) is 0 Å². The van der Waals surface area contributed by atoms with Gasteiger partial charge in [0.25, 0.3) is 5.91 Å². The van der Waals surface area contributed by atoms with Crippen molar-refractivity contribution in [2.24, 2.45) is 4.99 Å². The first-order valence-electron chi connectivity index (χ1n) is 8.40. The van der Waals surface area contributed by atoms with Gasteiger partial charge in [0.1, 0.15) is 0 Å². The lowest BCUT2D eigenvalue weighted by Crippen LogP contribution is -2.20. The molecule has 0 fully saturated rings. The molecule has 0 unspecified atom stereocenters. The number of benzene rings is 2. The highest BCUT2D eigenvalue weighted by molar-refractivity contribution is 7.16. The molecule has 6 nitrogen and oxygen atoms in total. The molecule has 0 aliphatic carbocycles. The Morgan fingerprint density at radius 1 is 1.11 bits per heavy atom. The molecule has 0 aliphatic heterocycles. The van der Waals surface area contributed by atoms with Crippen LogP contribution in [0.25, 0.3) is 10.2 Å². The van der Waals surface area contributed by atoms with Gasteiger partial charge in [0.15, 0.2) is 4.80 Å². The van der Waals surface area contributed by atoms with Gasteiger partial charge in [-0.1, -0.05) is 29.5 Å². The van der Waals surface area contributed by atoms with Gasteiger partial charge in [0.05, 0.1) is 35.1 Å². The summed E-state index contributed by atoms with van der Waals surface area (Å²) in [6.07, 6.45) is 0. The van der Waals surface area contributed by atoms with Crippen LogP contribution in [0.4, 0.5) is 0 Å². The summed E-state index contributed by atoms with van der Waals surface area (Å²) in [6, 6.07) is 12.6.